The fourth-order valence-corrected chi connectivity index (χ4v) is 1.87. The third-order valence-corrected chi connectivity index (χ3v) is 2.92. The molecule has 0 radical (unpaired) electrons. The summed E-state index contributed by atoms with van der Waals surface area (Å²) in [6.45, 7) is 5.64. The van der Waals surface area contributed by atoms with E-state index in [1.165, 1.54) is 17.0 Å². The Bertz CT molecular complexity index is 531. The number of urea groups is 1. The first kappa shape index (κ1) is 16.6. The number of nitrogens with one attached hydrogen (secondary N) is 1. The Kier molecular flexibility index (Phi) is 6.35. The summed E-state index contributed by atoms with van der Waals surface area (Å²) in [6.07, 6.45) is 2.08. The summed E-state index contributed by atoms with van der Waals surface area (Å²) in [5.74, 6) is 0. The Morgan fingerprint density at radius 2 is 2.29 bits per heavy atom. The molecular formula is C14H19N3O4. The molecule has 21 heavy (non-hydrogen) atoms. The monoisotopic (exact) mass is 293 g/mol. The lowest BCUT2D eigenvalue weighted by molar-refractivity contribution is -0.385. The van der Waals surface area contributed by atoms with Crippen molar-refractivity contribution >= 4 is 17.4 Å². The van der Waals surface area contributed by atoms with Crippen molar-refractivity contribution in [1.82, 2.24) is 4.90 Å². The first-order chi connectivity index (χ1) is 10.0. The highest BCUT2D eigenvalue weighted by Gasteiger charge is 2.16. The number of hydrogen-bond donors (Lipinski definition) is 2. The zero-order valence-electron chi connectivity index (χ0n) is 11.9. The molecule has 0 bridgehead atoms. The van der Waals surface area contributed by atoms with E-state index in [9.17, 15) is 14.9 Å². The van der Waals surface area contributed by atoms with Gasteiger partial charge < -0.3 is 15.3 Å². The number of hydrogen-bond acceptors (Lipinski definition) is 4. The highest BCUT2D eigenvalue weighted by molar-refractivity contribution is 5.89. The molecule has 0 heterocycles. The average Bonchev–Trinajstić information content (AvgIpc) is 2.46. The number of anilines is 1. The van der Waals surface area contributed by atoms with Gasteiger partial charge in [-0.1, -0.05) is 19.1 Å². The van der Waals surface area contributed by atoms with Crippen LogP contribution in [0.5, 0.6) is 0 Å². The second kappa shape index (κ2) is 8.01. The Morgan fingerprint density at radius 1 is 1.57 bits per heavy atom. The molecule has 0 aliphatic heterocycles. The van der Waals surface area contributed by atoms with Crippen molar-refractivity contribution in [2.45, 2.75) is 13.3 Å². The number of aryl methyl sites for hydroxylation is 1. The number of aliphatic hydroxyl groups is 1. The average molecular weight is 293 g/mol. The molecule has 2 N–H and O–H groups in total. The summed E-state index contributed by atoms with van der Waals surface area (Å²) in [5, 5.41) is 22.5. The summed E-state index contributed by atoms with van der Waals surface area (Å²) in [7, 11) is 0. The highest BCUT2D eigenvalue weighted by atomic mass is 16.6. The molecule has 0 aliphatic carbocycles. The topological polar surface area (TPSA) is 95.7 Å². The van der Waals surface area contributed by atoms with Crippen LogP contribution in [0, 0.1) is 10.1 Å². The van der Waals surface area contributed by atoms with Crippen LogP contribution in [-0.4, -0.2) is 40.7 Å². The van der Waals surface area contributed by atoms with E-state index in [2.05, 4.69) is 11.9 Å². The number of carbonyl (C=O) groups excluding carboxylic acids is 1. The van der Waals surface area contributed by atoms with Gasteiger partial charge >= 0.3 is 6.03 Å². The fourth-order valence-electron chi connectivity index (χ4n) is 1.87. The van der Waals surface area contributed by atoms with E-state index in [4.69, 9.17) is 5.11 Å². The minimum absolute atomic E-state index is 0.0206. The third kappa shape index (κ3) is 4.57. The van der Waals surface area contributed by atoms with Gasteiger partial charge in [-0.2, -0.15) is 0 Å². The minimum atomic E-state index is -0.469. The van der Waals surface area contributed by atoms with Gasteiger partial charge in [-0.25, -0.2) is 4.79 Å². The molecule has 114 valence electrons. The van der Waals surface area contributed by atoms with Crippen molar-refractivity contribution in [2.75, 3.05) is 25.0 Å². The maximum atomic E-state index is 12.0. The van der Waals surface area contributed by atoms with Gasteiger partial charge in [-0.3, -0.25) is 10.1 Å². The number of nitrogens with zero attached hydrogens (tertiary/aromatic N) is 2. The van der Waals surface area contributed by atoms with E-state index in [0.29, 0.717) is 17.7 Å². The number of aliphatic hydroxyl groups excluding tert-OH is 1. The second-order valence-electron chi connectivity index (χ2n) is 4.34. The van der Waals surface area contributed by atoms with Crippen LogP contribution < -0.4 is 5.32 Å². The van der Waals surface area contributed by atoms with Crippen molar-refractivity contribution in [3.63, 3.8) is 0 Å². The van der Waals surface area contributed by atoms with E-state index >= 15 is 0 Å². The summed E-state index contributed by atoms with van der Waals surface area (Å²) in [5.41, 5.74) is 0.930. The normalized spacial score (nSPS) is 10.0. The number of carbonyl (C=O) groups is 1. The highest BCUT2D eigenvalue weighted by Crippen LogP contribution is 2.23. The van der Waals surface area contributed by atoms with E-state index in [0.717, 1.165) is 0 Å². The van der Waals surface area contributed by atoms with Crippen molar-refractivity contribution in [3.8, 4) is 0 Å². The van der Waals surface area contributed by atoms with Crippen molar-refractivity contribution in [2.24, 2.45) is 0 Å². The summed E-state index contributed by atoms with van der Waals surface area (Å²) >= 11 is 0. The molecule has 0 aliphatic rings. The van der Waals surface area contributed by atoms with Crippen molar-refractivity contribution < 1.29 is 14.8 Å². The number of rotatable bonds is 7. The van der Waals surface area contributed by atoms with Gasteiger partial charge in [0.15, 0.2) is 0 Å². The summed E-state index contributed by atoms with van der Waals surface area (Å²) in [6, 6.07) is 4.14. The van der Waals surface area contributed by atoms with Crippen LogP contribution in [0.25, 0.3) is 0 Å². The quantitative estimate of drug-likeness (QED) is 0.457. The van der Waals surface area contributed by atoms with Crippen LogP contribution in [0.2, 0.25) is 0 Å². The first-order valence-electron chi connectivity index (χ1n) is 6.58. The molecule has 0 aromatic heterocycles. The van der Waals surface area contributed by atoms with Crippen LogP contribution >= 0.6 is 0 Å². The molecule has 0 spiro atoms. The Morgan fingerprint density at radius 3 is 2.81 bits per heavy atom. The number of nitro groups is 1. The molecule has 0 unspecified atom stereocenters. The van der Waals surface area contributed by atoms with Crippen LogP contribution in [0.15, 0.2) is 30.9 Å². The number of nitro benzene ring substituents is 1. The third-order valence-electron chi connectivity index (χ3n) is 2.92. The molecule has 7 nitrogen and oxygen atoms in total. The number of amides is 2. The molecule has 1 rings (SSSR count). The van der Waals surface area contributed by atoms with Gasteiger partial charge in [0.05, 0.1) is 11.5 Å². The SMILES string of the molecule is C=CCN(CCO)C(=O)Nc1ccc(CC)c([N+](=O)[O-])c1. The van der Waals surface area contributed by atoms with Gasteiger partial charge in [-0.05, 0) is 12.5 Å². The van der Waals surface area contributed by atoms with Gasteiger partial charge in [0.2, 0.25) is 0 Å². The predicted molar refractivity (Wildman–Crippen MR) is 80.3 cm³/mol. The maximum absolute atomic E-state index is 12.0. The molecule has 0 fully saturated rings. The lowest BCUT2D eigenvalue weighted by Crippen LogP contribution is -2.37. The molecule has 7 heteroatoms. The zero-order valence-corrected chi connectivity index (χ0v) is 11.9. The largest absolute Gasteiger partial charge is 0.395 e. The Balaban J connectivity index is 2.91. The Labute approximate surface area is 123 Å². The van der Waals surface area contributed by atoms with E-state index in [-0.39, 0.29) is 25.4 Å². The van der Waals surface area contributed by atoms with Crippen molar-refractivity contribution in [1.29, 1.82) is 0 Å². The second-order valence-corrected chi connectivity index (χ2v) is 4.34. The molecular weight excluding hydrogens is 274 g/mol. The molecule has 0 atom stereocenters. The van der Waals surface area contributed by atoms with Crippen molar-refractivity contribution in [3.05, 3.63) is 46.5 Å². The summed E-state index contributed by atoms with van der Waals surface area (Å²) in [4.78, 5) is 23.9. The molecule has 1 aromatic rings. The smallest absolute Gasteiger partial charge is 0.322 e. The van der Waals surface area contributed by atoms with E-state index < -0.39 is 11.0 Å². The lowest BCUT2D eigenvalue weighted by atomic mass is 10.1. The minimum Gasteiger partial charge on any atom is -0.395 e. The predicted octanol–water partition coefficient (Wildman–Crippen LogP) is 2.17. The van der Waals surface area contributed by atoms with Gasteiger partial charge in [0.25, 0.3) is 5.69 Å². The van der Waals surface area contributed by atoms with Crippen LogP contribution in [0.3, 0.4) is 0 Å². The van der Waals surface area contributed by atoms with Crippen LogP contribution in [0.4, 0.5) is 16.2 Å². The first-order valence-corrected chi connectivity index (χ1v) is 6.58. The van der Waals surface area contributed by atoms with Gasteiger partial charge in [-0.15, -0.1) is 6.58 Å². The standard InChI is InChI=1S/C14H19N3O4/c1-3-7-16(8-9-18)14(19)15-12-6-5-11(4-2)13(10-12)17(20)21/h3,5-6,10,18H,1,4,7-9H2,2H3,(H,15,19). The van der Waals surface area contributed by atoms with E-state index in [1.807, 2.05) is 6.92 Å². The molecule has 2 amide bonds. The van der Waals surface area contributed by atoms with E-state index in [1.54, 1.807) is 12.1 Å². The fraction of sp³-hybridized carbons (Fsp3) is 0.357. The lowest BCUT2D eigenvalue weighted by Gasteiger charge is -2.20. The maximum Gasteiger partial charge on any atom is 0.322 e. The van der Waals surface area contributed by atoms with Crippen LogP contribution in [-0.2, 0) is 6.42 Å². The van der Waals surface area contributed by atoms with Crippen LogP contribution in [0.1, 0.15) is 12.5 Å². The van der Waals surface area contributed by atoms with Gasteiger partial charge in [0.1, 0.15) is 0 Å². The molecule has 1 aromatic carbocycles. The zero-order chi connectivity index (χ0) is 15.8. The molecule has 0 saturated heterocycles. The van der Waals surface area contributed by atoms with Gasteiger partial charge in [0, 0.05) is 30.4 Å². The summed E-state index contributed by atoms with van der Waals surface area (Å²) < 4.78 is 0. The Hall–Kier alpha value is -2.41. The number of benzene rings is 1. The molecule has 0 saturated carbocycles.